The Kier molecular flexibility index (Phi) is 4.73. The molecule has 0 spiro atoms. The largest absolute Gasteiger partial charge is 0.339 e. The zero-order valence-corrected chi connectivity index (χ0v) is 15.0. The summed E-state index contributed by atoms with van der Waals surface area (Å²) in [6, 6.07) is 6.26. The number of rotatable bonds is 1. The minimum Gasteiger partial charge on any atom is -0.0561 e. The Bertz CT molecular complexity index is 434. The van der Waals surface area contributed by atoms with Crippen LogP contribution in [0.15, 0.2) is 18.2 Å². The lowest BCUT2D eigenvalue weighted by molar-refractivity contribution is 0.571. The second-order valence-corrected chi connectivity index (χ2v) is 14.2. The molecule has 4 heteroatoms. The first-order chi connectivity index (χ1) is 7.83. The van der Waals surface area contributed by atoms with E-state index in [1.165, 1.54) is 5.56 Å². The van der Waals surface area contributed by atoms with Gasteiger partial charge in [-0.3, -0.25) is 0 Å². The SMILES string of the molecule is CC(C)(C)c1ccc([P+](Cl)(Cl)Cl)c(C(C)(C)C)c1. The minimum atomic E-state index is -2.56. The predicted molar refractivity (Wildman–Crippen MR) is 88.0 cm³/mol. The summed E-state index contributed by atoms with van der Waals surface area (Å²) in [4.78, 5) is 0. The van der Waals surface area contributed by atoms with E-state index in [-0.39, 0.29) is 10.8 Å². The predicted octanol–water partition coefficient (Wildman–Crippen LogP) is 6.39. The third-order valence-electron chi connectivity index (χ3n) is 2.94. The molecule has 0 aliphatic heterocycles. The normalized spacial score (nSPS) is 13.8. The Balaban J connectivity index is 3.50. The van der Waals surface area contributed by atoms with Crippen LogP contribution in [-0.2, 0) is 10.8 Å². The molecule has 18 heavy (non-hydrogen) atoms. The van der Waals surface area contributed by atoms with Crippen molar-refractivity contribution in [2.45, 2.75) is 52.4 Å². The molecule has 0 aromatic heterocycles. The first-order valence-corrected chi connectivity index (χ1v) is 10.5. The highest BCUT2D eigenvalue weighted by Gasteiger charge is 2.41. The van der Waals surface area contributed by atoms with Crippen molar-refractivity contribution in [3.05, 3.63) is 29.3 Å². The van der Waals surface area contributed by atoms with E-state index in [9.17, 15) is 0 Å². The molecule has 0 heterocycles. The van der Waals surface area contributed by atoms with Gasteiger partial charge in [0.05, 0.1) is 0 Å². The van der Waals surface area contributed by atoms with E-state index in [0.29, 0.717) is 0 Å². The molecule has 0 bridgehead atoms. The van der Waals surface area contributed by atoms with Gasteiger partial charge < -0.3 is 0 Å². The second kappa shape index (κ2) is 5.13. The molecule has 1 aromatic rings. The van der Waals surface area contributed by atoms with Crippen molar-refractivity contribution in [3.63, 3.8) is 0 Å². The summed E-state index contributed by atoms with van der Waals surface area (Å²) >= 11 is 18.5. The van der Waals surface area contributed by atoms with E-state index in [0.717, 1.165) is 10.9 Å². The van der Waals surface area contributed by atoms with Gasteiger partial charge in [-0.1, -0.05) is 53.7 Å². The van der Waals surface area contributed by atoms with Crippen LogP contribution >= 0.6 is 39.0 Å². The van der Waals surface area contributed by atoms with Gasteiger partial charge in [0.1, 0.15) is 39.0 Å². The molecule has 0 saturated carbocycles. The number of hydrogen-bond donors (Lipinski definition) is 0. The Morgan fingerprint density at radius 2 is 1.33 bits per heavy atom. The lowest BCUT2D eigenvalue weighted by Gasteiger charge is -2.26. The van der Waals surface area contributed by atoms with Crippen molar-refractivity contribution in [1.29, 1.82) is 0 Å². The third kappa shape index (κ3) is 4.01. The molecule has 0 atom stereocenters. The van der Waals surface area contributed by atoms with Crippen LogP contribution in [0, 0.1) is 0 Å². The topological polar surface area (TPSA) is 0 Å². The van der Waals surface area contributed by atoms with Gasteiger partial charge in [-0.15, -0.1) is 0 Å². The lowest BCUT2D eigenvalue weighted by atomic mass is 9.81. The summed E-state index contributed by atoms with van der Waals surface area (Å²) in [5, 5.41) is -1.68. The van der Waals surface area contributed by atoms with Crippen molar-refractivity contribution in [1.82, 2.24) is 0 Å². The monoisotopic (exact) mass is 325 g/mol. The van der Waals surface area contributed by atoms with Crippen LogP contribution in [0.3, 0.4) is 0 Å². The summed E-state index contributed by atoms with van der Waals surface area (Å²) in [5.41, 5.74) is 2.49. The van der Waals surface area contributed by atoms with Crippen LogP contribution in [0.1, 0.15) is 52.7 Å². The molecule has 0 fully saturated rings. The lowest BCUT2D eigenvalue weighted by Crippen LogP contribution is -2.24. The quantitative estimate of drug-likeness (QED) is 0.525. The minimum absolute atomic E-state index is 0.0273. The first-order valence-electron chi connectivity index (χ1n) is 5.97. The van der Waals surface area contributed by atoms with Crippen molar-refractivity contribution in [3.8, 4) is 0 Å². The van der Waals surface area contributed by atoms with Crippen LogP contribution in [-0.4, -0.2) is 0 Å². The molecule has 0 saturated heterocycles. The Morgan fingerprint density at radius 3 is 1.67 bits per heavy atom. The van der Waals surface area contributed by atoms with E-state index >= 15 is 0 Å². The van der Waals surface area contributed by atoms with Crippen LogP contribution in [0.2, 0.25) is 0 Å². The molecule has 0 radical (unpaired) electrons. The molecule has 0 aliphatic carbocycles. The van der Waals surface area contributed by atoms with Crippen LogP contribution in [0.5, 0.6) is 0 Å². The summed E-state index contributed by atoms with van der Waals surface area (Å²) in [6.45, 7) is 13.0. The molecule has 1 rings (SSSR count). The maximum absolute atomic E-state index is 6.18. The third-order valence-corrected chi connectivity index (χ3v) is 5.52. The van der Waals surface area contributed by atoms with E-state index in [2.05, 4.69) is 53.7 Å². The summed E-state index contributed by atoms with van der Waals surface area (Å²) in [5.74, 6) is 0. The number of benzene rings is 1. The van der Waals surface area contributed by atoms with Gasteiger partial charge >= 0.3 is 5.32 Å². The van der Waals surface area contributed by atoms with Crippen LogP contribution in [0.25, 0.3) is 0 Å². The fourth-order valence-corrected chi connectivity index (χ4v) is 4.07. The Morgan fingerprint density at radius 1 is 0.833 bits per heavy atom. The maximum atomic E-state index is 6.18. The molecule has 0 unspecified atom stereocenters. The molecule has 0 N–H and O–H groups in total. The van der Waals surface area contributed by atoms with Gasteiger partial charge in [-0.05, 0) is 22.5 Å². The fraction of sp³-hybridized carbons (Fsp3) is 0.571. The van der Waals surface area contributed by atoms with Gasteiger partial charge in [-0.2, -0.15) is 0 Å². The summed E-state index contributed by atoms with van der Waals surface area (Å²) in [7, 11) is 0. The smallest absolute Gasteiger partial charge is 0.0561 e. The summed E-state index contributed by atoms with van der Waals surface area (Å²) in [6.07, 6.45) is 0. The highest BCUT2D eigenvalue weighted by molar-refractivity contribution is 8.36. The average Bonchev–Trinajstić information content (AvgIpc) is 2.12. The zero-order chi connectivity index (χ0) is 14.4. The van der Waals surface area contributed by atoms with Crippen molar-refractivity contribution >= 4 is 44.3 Å². The maximum Gasteiger partial charge on any atom is 0.339 e. The number of halogens is 3. The van der Waals surface area contributed by atoms with Gasteiger partial charge in [-0.25, -0.2) is 0 Å². The van der Waals surface area contributed by atoms with Crippen LogP contribution < -0.4 is 5.30 Å². The first kappa shape index (κ1) is 16.6. The van der Waals surface area contributed by atoms with E-state index < -0.39 is 5.32 Å². The van der Waals surface area contributed by atoms with Gasteiger partial charge in [0.25, 0.3) is 0 Å². The van der Waals surface area contributed by atoms with Crippen molar-refractivity contribution in [2.24, 2.45) is 0 Å². The molecule has 0 amide bonds. The van der Waals surface area contributed by atoms with Crippen molar-refractivity contribution in [2.75, 3.05) is 0 Å². The summed E-state index contributed by atoms with van der Waals surface area (Å²) < 4.78 is 0. The Hall–Kier alpha value is 0.520. The molecule has 0 aliphatic rings. The van der Waals surface area contributed by atoms with E-state index in [1.54, 1.807) is 0 Å². The van der Waals surface area contributed by atoms with E-state index in [4.69, 9.17) is 33.7 Å². The highest BCUT2D eigenvalue weighted by atomic mass is 36.1. The second-order valence-electron chi connectivity index (χ2n) is 6.68. The molecular formula is C14H21Cl3P+. The molecule has 0 nitrogen and oxygen atoms in total. The average molecular weight is 327 g/mol. The fourth-order valence-electron chi connectivity index (χ4n) is 1.82. The van der Waals surface area contributed by atoms with Gasteiger partial charge in [0.2, 0.25) is 0 Å². The molecule has 102 valence electrons. The van der Waals surface area contributed by atoms with Crippen molar-refractivity contribution < 1.29 is 0 Å². The Labute approximate surface area is 126 Å². The number of hydrogen-bond acceptors (Lipinski definition) is 0. The van der Waals surface area contributed by atoms with Gasteiger partial charge in [0, 0.05) is 5.56 Å². The van der Waals surface area contributed by atoms with Crippen LogP contribution in [0.4, 0.5) is 0 Å². The van der Waals surface area contributed by atoms with E-state index in [1.807, 2.05) is 6.07 Å². The standard InChI is InChI=1S/C14H21Cl3P/c1-13(2,3)10-7-8-12(18(15,16)17)11(9-10)14(4,5)6/h7-9H,1-6H3/q+1. The highest BCUT2D eigenvalue weighted by Crippen LogP contribution is 2.73. The molecule has 1 aromatic carbocycles. The molecular weight excluding hydrogens is 305 g/mol. The van der Waals surface area contributed by atoms with Gasteiger partial charge in [0.15, 0.2) is 0 Å². The zero-order valence-electron chi connectivity index (χ0n) is 11.8.